The molecule has 0 unspecified atom stereocenters. The SMILES string of the molecule is C[C@H](NCCn1cccn1)C(=O)N(C)Cc1cccc(F)c1. The highest BCUT2D eigenvalue weighted by molar-refractivity contribution is 5.81. The molecular weight excluding hydrogens is 283 g/mol. The van der Waals surface area contributed by atoms with Gasteiger partial charge < -0.3 is 10.2 Å². The standard InChI is InChI=1S/C16H21FN4O/c1-13(18-8-10-21-9-4-7-19-21)16(22)20(2)12-14-5-3-6-15(17)11-14/h3-7,9,11,13,18H,8,10,12H2,1-2H3/t13-/m0/s1. The van der Waals surface area contributed by atoms with Crippen LogP contribution in [0.2, 0.25) is 0 Å². The van der Waals surface area contributed by atoms with Crippen molar-refractivity contribution in [3.05, 3.63) is 54.1 Å². The maximum absolute atomic E-state index is 13.2. The number of halogens is 1. The van der Waals surface area contributed by atoms with Crippen LogP contribution in [-0.2, 0) is 17.9 Å². The summed E-state index contributed by atoms with van der Waals surface area (Å²) in [6.45, 7) is 3.58. The topological polar surface area (TPSA) is 50.2 Å². The highest BCUT2D eigenvalue weighted by atomic mass is 19.1. The molecule has 1 aromatic carbocycles. The van der Waals surface area contributed by atoms with Crippen molar-refractivity contribution in [2.24, 2.45) is 0 Å². The van der Waals surface area contributed by atoms with Crippen molar-refractivity contribution in [3.8, 4) is 0 Å². The average molecular weight is 304 g/mol. The highest BCUT2D eigenvalue weighted by Crippen LogP contribution is 2.07. The Morgan fingerprint density at radius 3 is 2.95 bits per heavy atom. The minimum absolute atomic E-state index is 0.0234. The molecule has 1 aromatic heterocycles. The zero-order chi connectivity index (χ0) is 15.9. The second kappa shape index (κ2) is 7.70. The van der Waals surface area contributed by atoms with E-state index in [0.717, 1.165) is 5.56 Å². The molecule has 22 heavy (non-hydrogen) atoms. The maximum atomic E-state index is 13.2. The molecule has 2 aromatic rings. The van der Waals surface area contributed by atoms with Crippen LogP contribution in [0.4, 0.5) is 4.39 Å². The summed E-state index contributed by atoms with van der Waals surface area (Å²) in [6, 6.07) is 7.86. The molecule has 118 valence electrons. The third kappa shape index (κ3) is 4.66. The van der Waals surface area contributed by atoms with Crippen LogP contribution in [0.5, 0.6) is 0 Å². The quantitative estimate of drug-likeness (QED) is 0.846. The molecule has 2 rings (SSSR count). The summed E-state index contributed by atoms with van der Waals surface area (Å²) >= 11 is 0. The van der Waals surface area contributed by atoms with Gasteiger partial charge in [-0.1, -0.05) is 12.1 Å². The van der Waals surface area contributed by atoms with Crippen molar-refractivity contribution in [3.63, 3.8) is 0 Å². The number of benzene rings is 1. The summed E-state index contributed by atoms with van der Waals surface area (Å²) in [4.78, 5) is 13.9. The molecule has 0 aliphatic carbocycles. The first-order valence-corrected chi connectivity index (χ1v) is 7.26. The molecule has 0 saturated heterocycles. The zero-order valence-electron chi connectivity index (χ0n) is 12.9. The predicted molar refractivity (Wildman–Crippen MR) is 82.6 cm³/mol. The molecule has 0 radical (unpaired) electrons. The van der Waals surface area contributed by atoms with E-state index >= 15 is 0 Å². The number of nitrogens with one attached hydrogen (secondary N) is 1. The van der Waals surface area contributed by atoms with E-state index in [1.807, 2.05) is 25.3 Å². The Hall–Kier alpha value is -2.21. The number of rotatable bonds is 7. The molecule has 0 fully saturated rings. The summed E-state index contributed by atoms with van der Waals surface area (Å²) in [5.74, 6) is -0.312. The Labute approximate surface area is 129 Å². The first-order chi connectivity index (χ1) is 10.6. The van der Waals surface area contributed by atoms with Gasteiger partial charge in [-0.05, 0) is 30.7 Å². The van der Waals surface area contributed by atoms with Crippen molar-refractivity contribution in [2.45, 2.75) is 26.1 Å². The Kier molecular flexibility index (Phi) is 5.66. The Morgan fingerprint density at radius 1 is 1.45 bits per heavy atom. The van der Waals surface area contributed by atoms with Gasteiger partial charge in [0.1, 0.15) is 5.82 Å². The van der Waals surface area contributed by atoms with Gasteiger partial charge in [0, 0.05) is 32.5 Å². The second-order valence-corrected chi connectivity index (χ2v) is 5.27. The van der Waals surface area contributed by atoms with Gasteiger partial charge in [-0.15, -0.1) is 0 Å². The van der Waals surface area contributed by atoms with E-state index in [0.29, 0.717) is 19.6 Å². The van der Waals surface area contributed by atoms with Crippen LogP contribution in [0.3, 0.4) is 0 Å². The van der Waals surface area contributed by atoms with Crippen LogP contribution in [0.25, 0.3) is 0 Å². The Balaban J connectivity index is 1.79. The van der Waals surface area contributed by atoms with Crippen LogP contribution in [0.1, 0.15) is 12.5 Å². The fraction of sp³-hybridized carbons (Fsp3) is 0.375. The van der Waals surface area contributed by atoms with Crippen molar-refractivity contribution in [1.82, 2.24) is 20.0 Å². The second-order valence-electron chi connectivity index (χ2n) is 5.27. The van der Waals surface area contributed by atoms with Crippen LogP contribution >= 0.6 is 0 Å². The number of carbonyl (C=O) groups is 1. The molecule has 0 aliphatic rings. The van der Waals surface area contributed by atoms with Crippen LogP contribution in [0.15, 0.2) is 42.7 Å². The van der Waals surface area contributed by atoms with E-state index in [-0.39, 0.29) is 17.8 Å². The fourth-order valence-corrected chi connectivity index (χ4v) is 2.23. The Bertz CT molecular complexity index is 600. The number of amides is 1. The lowest BCUT2D eigenvalue weighted by molar-refractivity contribution is -0.132. The van der Waals surface area contributed by atoms with Gasteiger partial charge >= 0.3 is 0 Å². The van der Waals surface area contributed by atoms with E-state index in [4.69, 9.17) is 0 Å². The third-order valence-corrected chi connectivity index (χ3v) is 3.41. The number of nitrogens with zero attached hydrogens (tertiary/aromatic N) is 3. The zero-order valence-corrected chi connectivity index (χ0v) is 12.9. The van der Waals surface area contributed by atoms with E-state index in [2.05, 4.69) is 10.4 Å². The summed E-state index contributed by atoms with van der Waals surface area (Å²) in [7, 11) is 1.72. The number of aromatic nitrogens is 2. The molecule has 1 N–H and O–H groups in total. The molecule has 1 amide bonds. The van der Waals surface area contributed by atoms with Gasteiger partial charge in [0.25, 0.3) is 0 Å². The summed E-state index contributed by atoms with van der Waals surface area (Å²) in [6.07, 6.45) is 3.60. The normalized spacial score (nSPS) is 12.1. The molecule has 1 atom stereocenters. The van der Waals surface area contributed by atoms with Crippen molar-refractivity contribution >= 4 is 5.91 Å². The minimum atomic E-state index is -0.297. The number of likely N-dealkylation sites (N-methyl/N-ethyl adjacent to an activating group) is 1. The summed E-state index contributed by atoms with van der Waals surface area (Å²) < 4.78 is 15.0. The molecule has 1 heterocycles. The van der Waals surface area contributed by atoms with Crippen molar-refractivity contribution in [1.29, 1.82) is 0 Å². The lowest BCUT2D eigenvalue weighted by Gasteiger charge is -2.22. The number of carbonyl (C=O) groups excluding carboxylic acids is 1. The van der Waals surface area contributed by atoms with E-state index in [9.17, 15) is 9.18 Å². The molecule has 6 heteroatoms. The summed E-state index contributed by atoms with van der Waals surface area (Å²) in [5.41, 5.74) is 0.777. The van der Waals surface area contributed by atoms with Gasteiger partial charge in [-0.25, -0.2) is 4.39 Å². The first kappa shape index (κ1) is 16.2. The van der Waals surface area contributed by atoms with Crippen LogP contribution in [-0.4, -0.2) is 40.2 Å². The molecule has 0 bridgehead atoms. The van der Waals surface area contributed by atoms with Gasteiger partial charge in [-0.3, -0.25) is 9.48 Å². The van der Waals surface area contributed by atoms with Gasteiger partial charge in [0.05, 0.1) is 12.6 Å². The molecule has 0 spiro atoms. The van der Waals surface area contributed by atoms with E-state index in [1.165, 1.54) is 12.1 Å². The minimum Gasteiger partial charge on any atom is -0.340 e. The lowest BCUT2D eigenvalue weighted by atomic mass is 10.2. The number of hydrogen-bond donors (Lipinski definition) is 1. The predicted octanol–water partition coefficient (Wildman–Crippen LogP) is 1.66. The smallest absolute Gasteiger partial charge is 0.239 e. The molecule has 0 aliphatic heterocycles. The third-order valence-electron chi connectivity index (χ3n) is 3.41. The molecular formula is C16H21FN4O. The summed E-state index contributed by atoms with van der Waals surface area (Å²) in [5, 5.41) is 7.28. The highest BCUT2D eigenvalue weighted by Gasteiger charge is 2.17. The molecule has 5 nitrogen and oxygen atoms in total. The van der Waals surface area contributed by atoms with Crippen molar-refractivity contribution in [2.75, 3.05) is 13.6 Å². The lowest BCUT2D eigenvalue weighted by Crippen LogP contribution is -2.43. The van der Waals surface area contributed by atoms with E-state index in [1.54, 1.807) is 28.9 Å². The van der Waals surface area contributed by atoms with Gasteiger partial charge in [-0.2, -0.15) is 5.10 Å². The number of hydrogen-bond acceptors (Lipinski definition) is 3. The maximum Gasteiger partial charge on any atom is 0.239 e. The van der Waals surface area contributed by atoms with Gasteiger partial charge in [0.15, 0.2) is 0 Å². The first-order valence-electron chi connectivity index (χ1n) is 7.26. The van der Waals surface area contributed by atoms with E-state index < -0.39 is 0 Å². The monoisotopic (exact) mass is 304 g/mol. The average Bonchev–Trinajstić information content (AvgIpc) is 2.99. The van der Waals surface area contributed by atoms with Crippen LogP contribution < -0.4 is 5.32 Å². The largest absolute Gasteiger partial charge is 0.340 e. The fourth-order valence-electron chi connectivity index (χ4n) is 2.23. The van der Waals surface area contributed by atoms with Crippen molar-refractivity contribution < 1.29 is 9.18 Å². The van der Waals surface area contributed by atoms with Gasteiger partial charge in [0.2, 0.25) is 5.91 Å². The Morgan fingerprint density at radius 2 is 2.27 bits per heavy atom. The van der Waals surface area contributed by atoms with Crippen LogP contribution in [0, 0.1) is 5.82 Å². The molecule has 0 saturated carbocycles.